The average Bonchev–Trinajstić information content (AvgIpc) is 2.55. The second-order valence-corrected chi connectivity index (χ2v) is 8.18. The molecule has 0 unspecified atom stereocenters. The largest absolute Gasteiger partial charge is 0.395 e. The van der Waals surface area contributed by atoms with Gasteiger partial charge in [0.25, 0.3) is 0 Å². The quantitative estimate of drug-likeness (QED) is 0.757. The number of hydrogen-bond acceptors (Lipinski definition) is 4. The van der Waals surface area contributed by atoms with Crippen molar-refractivity contribution in [1.82, 2.24) is 4.90 Å². The Morgan fingerprint density at radius 1 is 0.958 bits per heavy atom. The molecule has 0 heterocycles. The predicted molar refractivity (Wildman–Crippen MR) is 97.3 cm³/mol. The molecule has 0 bridgehead atoms. The molecule has 130 valence electrons. The van der Waals surface area contributed by atoms with E-state index in [1.807, 2.05) is 72.5 Å². The van der Waals surface area contributed by atoms with Gasteiger partial charge in [-0.25, -0.2) is 8.42 Å². The van der Waals surface area contributed by atoms with E-state index in [1.54, 1.807) is 0 Å². The molecular weight excluding hydrogens is 322 g/mol. The molecule has 5 heteroatoms. The summed E-state index contributed by atoms with van der Waals surface area (Å²) in [5.74, 6) is 0.130. The van der Waals surface area contributed by atoms with Gasteiger partial charge in [-0.15, -0.1) is 0 Å². The lowest BCUT2D eigenvalue weighted by Crippen LogP contribution is -2.39. The summed E-state index contributed by atoms with van der Waals surface area (Å²) in [6.45, 7) is 3.00. The number of rotatable bonds is 9. The Morgan fingerprint density at radius 3 is 2.04 bits per heavy atom. The zero-order chi connectivity index (χ0) is 17.4. The molecule has 0 saturated heterocycles. The molecule has 0 saturated carbocycles. The van der Waals surface area contributed by atoms with Gasteiger partial charge >= 0.3 is 0 Å². The smallest absolute Gasteiger partial charge is 0.155 e. The molecule has 0 fully saturated rings. The molecule has 1 atom stereocenters. The molecule has 2 aromatic rings. The lowest BCUT2D eigenvalue weighted by atomic mass is 10.2. The van der Waals surface area contributed by atoms with Gasteiger partial charge in [0.1, 0.15) is 0 Å². The highest BCUT2D eigenvalue weighted by molar-refractivity contribution is 7.90. The first kappa shape index (κ1) is 18.6. The molecule has 0 aliphatic carbocycles. The van der Waals surface area contributed by atoms with Crippen molar-refractivity contribution in [2.75, 3.05) is 18.9 Å². The third-order valence-corrected chi connectivity index (χ3v) is 5.73. The Balaban J connectivity index is 2.02. The first-order chi connectivity index (χ1) is 11.5. The molecule has 0 aliphatic heterocycles. The van der Waals surface area contributed by atoms with Crippen molar-refractivity contribution >= 4 is 9.84 Å². The van der Waals surface area contributed by atoms with Crippen LogP contribution in [0.25, 0.3) is 0 Å². The van der Waals surface area contributed by atoms with E-state index in [4.69, 9.17) is 0 Å². The summed E-state index contributed by atoms with van der Waals surface area (Å²) < 4.78 is 25.0. The minimum absolute atomic E-state index is 0.00983. The topological polar surface area (TPSA) is 57.6 Å². The lowest BCUT2D eigenvalue weighted by molar-refractivity contribution is 0.160. The van der Waals surface area contributed by atoms with Crippen molar-refractivity contribution in [2.24, 2.45) is 0 Å². The van der Waals surface area contributed by atoms with Crippen LogP contribution in [-0.2, 0) is 22.1 Å². The van der Waals surface area contributed by atoms with E-state index in [0.29, 0.717) is 13.1 Å². The lowest BCUT2D eigenvalue weighted by Gasteiger charge is -2.28. The minimum atomic E-state index is -3.21. The molecular formula is C19H25NO3S. The number of hydrogen-bond donors (Lipinski definition) is 1. The van der Waals surface area contributed by atoms with E-state index < -0.39 is 9.84 Å². The van der Waals surface area contributed by atoms with Crippen LogP contribution in [0.15, 0.2) is 60.7 Å². The van der Waals surface area contributed by atoms with E-state index in [2.05, 4.69) is 0 Å². The Bertz CT molecular complexity index is 702. The fourth-order valence-corrected chi connectivity index (χ4v) is 4.53. The summed E-state index contributed by atoms with van der Waals surface area (Å²) in [6, 6.07) is 19.0. The third-order valence-electron chi connectivity index (χ3n) is 3.96. The van der Waals surface area contributed by atoms with Crippen molar-refractivity contribution in [2.45, 2.75) is 25.3 Å². The highest BCUT2D eigenvalue weighted by Crippen LogP contribution is 2.13. The number of aliphatic hydroxyl groups is 1. The van der Waals surface area contributed by atoms with E-state index in [0.717, 1.165) is 11.1 Å². The number of sulfone groups is 1. The highest BCUT2D eigenvalue weighted by atomic mass is 32.2. The van der Waals surface area contributed by atoms with Crippen molar-refractivity contribution < 1.29 is 13.5 Å². The van der Waals surface area contributed by atoms with Crippen LogP contribution < -0.4 is 0 Å². The van der Waals surface area contributed by atoms with Crippen LogP contribution in [0.2, 0.25) is 0 Å². The molecule has 24 heavy (non-hydrogen) atoms. The molecule has 2 aromatic carbocycles. The fraction of sp³-hybridized carbons (Fsp3) is 0.368. The summed E-state index contributed by atoms with van der Waals surface area (Å²) >= 11 is 0. The van der Waals surface area contributed by atoms with Gasteiger partial charge in [-0.05, 0) is 18.1 Å². The van der Waals surface area contributed by atoms with E-state index >= 15 is 0 Å². The predicted octanol–water partition coefficient (Wildman–Crippen LogP) is 2.48. The van der Waals surface area contributed by atoms with Crippen molar-refractivity contribution in [3.05, 3.63) is 71.8 Å². The Kier molecular flexibility index (Phi) is 6.97. The van der Waals surface area contributed by atoms with Crippen LogP contribution in [0, 0.1) is 0 Å². The Morgan fingerprint density at radius 2 is 1.50 bits per heavy atom. The molecule has 2 rings (SSSR count). The van der Waals surface area contributed by atoms with Crippen LogP contribution in [0.1, 0.15) is 18.1 Å². The summed E-state index contributed by atoms with van der Waals surface area (Å²) in [5, 5.41) is 9.31. The summed E-state index contributed by atoms with van der Waals surface area (Å²) in [7, 11) is -3.21. The zero-order valence-corrected chi connectivity index (χ0v) is 14.8. The van der Waals surface area contributed by atoms with Crippen LogP contribution in [0.5, 0.6) is 0 Å². The second-order valence-electron chi connectivity index (χ2n) is 6.07. The van der Waals surface area contributed by atoms with Gasteiger partial charge in [-0.1, -0.05) is 60.7 Å². The van der Waals surface area contributed by atoms with Gasteiger partial charge in [0.05, 0.1) is 18.1 Å². The Labute approximate surface area is 144 Å². The van der Waals surface area contributed by atoms with E-state index in [1.165, 1.54) is 0 Å². The summed E-state index contributed by atoms with van der Waals surface area (Å²) in [6.07, 6.45) is 0. The van der Waals surface area contributed by atoms with Crippen LogP contribution in [0.3, 0.4) is 0 Å². The van der Waals surface area contributed by atoms with Crippen molar-refractivity contribution in [1.29, 1.82) is 0 Å². The van der Waals surface area contributed by atoms with Crippen LogP contribution in [0.4, 0.5) is 0 Å². The maximum atomic E-state index is 12.5. The standard InChI is InChI=1S/C19H25NO3S/c1-17(15-24(22,23)16-19-10-6-3-7-11-19)20(12-13-21)14-18-8-4-2-5-9-18/h2-11,17,21H,12-16H2,1H3/t17-/m1/s1. The normalized spacial score (nSPS) is 13.1. The van der Waals surface area contributed by atoms with Gasteiger partial charge in [0.2, 0.25) is 0 Å². The fourth-order valence-electron chi connectivity index (χ4n) is 2.76. The van der Waals surface area contributed by atoms with E-state index in [9.17, 15) is 13.5 Å². The summed E-state index contributed by atoms with van der Waals surface area (Å²) in [5.41, 5.74) is 1.92. The highest BCUT2D eigenvalue weighted by Gasteiger charge is 2.21. The molecule has 0 aromatic heterocycles. The maximum absolute atomic E-state index is 12.5. The number of aliphatic hydroxyl groups excluding tert-OH is 1. The summed E-state index contributed by atoms with van der Waals surface area (Å²) in [4.78, 5) is 2.01. The number of nitrogens with zero attached hydrogens (tertiary/aromatic N) is 1. The third kappa shape index (κ3) is 6.07. The molecule has 4 nitrogen and oxygen atoms in total. The zero-order valence-electron chi connectivity index (χ0n) is 14.0. The van der Waals surface area contributed by atoms with Gasteiger partial charge in [0.15, 0.2) is 9.84 Å². The number of benzene rings is 2. The molecule has 1 N–H and O–H groups in total. The molecule has 0 spiro atoms. The van der Waals surface area contributed by atoms with Gasteiger partial charge < -0.3 is 5.11 Å². The molecule has 0 amide bonds. The molecule has 0 aliphatic rings. The van der Waals surface area contributed by atoms with Gasteiger partial charge in [-0.3, -0.25) is 4.90 Å². The minimum Gasteiger partial charge on any atom is -0.395 e. The Hall–Kier alpha value is -1.69. The van der Waals surface area contributed by atoms with Crippen molar-refractivity contribution in [3.8, 4) is 0 Å². The van der Waals surface area contributed by atoms with Crippen LogP contribution >= 0.6 is 0 Å². The average molecular weight is 347 g/mol. The first-order valence-electron chi connectivity index (χ1n) is 8.13. The van der Waals surface area contributed by atoms with E-state index in [-0.39, 0.29) is 24.2 Å². The van der Waals surface area contributed by atoms with Crippen LogP contribution in [-0.4, -0.2) is 43.4 Å². The van der Waals surface area contributed by atoms with Gasteiger partial charge in [0, 0.05) is 19.1 Å². The molecule has 0 radical (unpaired) electrons. The van der Waals surface area contributed by atoms with Crippen molar-refractivity contribution in [3.63, 3.8) is 0 Å². The second kappa shape index (κ2) is 8.97. The monoisotopic (exact) mass is 347 g/mol. The first-order valence-corrected chi connectivity index (χ1v) is 9.95. The SMILES string of the molecule is C[C@H](CS(=O)(=O)Cc1ccccc1)N(CCO)Cc1ccccc1. The maximum Gasteiger partial charge on any atom is 0.155 e. The van der Waals surface area contributed by atoms with Gasteiger partial charge in [-0.2, -0.15) is 0 Å².